The van der Waals surface area contributed by atoms with E-state index in [1.54, 1.807) is 37.3 Å². The van der Waals surface area contributed by atoms with Crippen LogP contribution in [0.25, 0.3) is 5.70 Å². The van der Waals surface area contributed by atoms with Gasteiger partial charge in [0, 0.05) is 34.0 Å². The van der Waals surface area contributed by atoms with E-state index < -0.39 is 16.8 Å². The molecule has 4 atom stereocenters. The first-order chi connectivity index (χ1) is 17.7. The van der Waals surface area contributed by atoms with Crippen LogP contribution in [0.1, 0.15) is 74.4 Å². The maximum absolute atomic E-state index is 13.9. The van der Waals surface area contributed by atoms with Gasteiger partial charge in [0.15, 0.2) is 5.78 Å². The van der Waals surface area contributed by atoms with Gasteiger partial charge in [-0.1, -0.05) is 63.2 Å². The molecule has 1 fully saturated rings. The van der Waals surface area contributed by atoms with Crippen molar-refractivity contribution in [2.75, 3.05) is 0 Å². The molecule has 1 N–H and O–H groups in total. The molecule has 0 saturated heterocycles. The summed E-state index contributed by atoms with van der Waals surface area (Å²) in [6.07, 6.45) is 2.64. The maximum Gasteiger partial charge on any atom is 0.337 e. The van der Waals surface area contributed by atoms with Gasteiger partial charge in [-0.3, -0.25) is 14.9 Å². The molecule has 0 radical (unpaired) electrons. The number of nitrogens with zero attached hydrogens (tertiary/aromatic N) is 1. The highest BCUT2D eigenvalue weighted by atomic mass is 16.6. The highest BCUT2D eigenvalue weighted by molar-refractivity contribution is 6.23. The van der Waals surface area contributed by atoms with Crippen molar-refractivity contribution in [2.45, 2.75) is 59.0 Å². The van der Waals surface area contributed by atoms with E-state index in [1.165, 1.54) is 6.07 Å². The number of nitrogens with one attached hydrogen (secondary N) is 1. The van der Waals surface area contributed by atoms with Crippen molar-refractivity contribution in [3.63, 3.8) is 0 Å². The predicted molar refractivity (Wildman–Crippen MR) is 141 cm³/mol. The molecule has 2 aliphatic carbocycles. The van der Waals surface area contributed by atoms with Gasteiger partial charge < -0.3 is 10.1 Å². The van der Waals surface area contributed by atoms with Crippen LogP contribution in [0, 0.1) is 27.9 Å². The number of fused-ring (bicyclic) bond motifs is 2. The molecule has 2 aromatic rings. The topological polar surface area (TPSA) is 98.5 Å². The Morgan fingerprint density at radius 1 is 1.08 bits per heavy atom. The van der Waals surface area contributed by atoms with Gasteiger partial charge >= 0.3 is 5.97 Å². The molecule has 37 heavy (non-hydrogen) atoms. The van der Waals surface area contributed by atoms with Crippen LogP contribution < -0.4 is 5.32 Å². The van der Waals surface area contributed by atoms with Crippen LogP contribution in [0.5, 0.6) is 0 Å². The molecule has 1 aliphatic heterocycles. The molecule has 0 spiro atoms. The third-order valence-corrected chi connectivity index (χ3v) is 8.28. The fraction of sp³-hybridized carbons (Fsp3) is 0.400. The summed E-state index contributed by atoms with van der Waals surface area (Å²) < 4.78 is 6.17. The minimum atomic E-state index is -0.912. The lowest BCUT2D eigenvalue weighted by Crippen LogP contribution is -2.36. The number of ketones is 1. The second-order valence-electron chi connectivity index (χ2n) is 10.8. The largest absolute Gasteiger partial charge is 0.459 e. The molecule has 3 aliphatic rings. The SMILES string of the molecule is CC1=C(C(=O)O[C@H]2C[C@H](C(C)C)CC[C@H]2C)[C@@H](c2ccccc2[N+](=O)[O-])C2=C(N1)c1ccccc1C2=O. The van der Waals surface area contributed by atoms with Crippen LogP contribution >= 0.6 is 0 Å². The number of para-hydroxylation sites is 1. The van der Waals surface area contributed by atoms with Gasteiger partial charge in [0.05, 0.1) is 22.1 Å². The van der Waals surface area contributed by atoms with Gasteiger partial charge in [0.25, 0.3) is 5.69 Å². The average molecular weight is 501 g/mol. The number of Topliss-reactive ketones (excluding diaryl/α,β-unsaturated/α-hetero) is 1. The van der Waals surface area contributed by atoms with Crippen molar-refractivity contribution in [3.05, 3.63) is 92.2 Å². The van der Waals surface area contributed by atoms with Crippen molar-refractivity contribution in [1.82, 2.24) is 5.32 Å². The summed E-state index contributed by atoms with van der Waals surface area (Å²) in [6, 6.07) is 13.6. The van der Waals surface area contributed by atoms with Gasteiger partial charge in [0.2, 0.25) is 0 Å². The fourth-order valence-corrected chi connectivity index (χ4v) is 6.09. The number of benzene rings is 2. The first-order valence-electron chi connectivity index (χ1n) is 13.0. The van der Waals surface area contributed by atoms with Crippen LogP contribution in [0.2, 0.25) is 0 Å². The third-order valence-electron chi connectivity index (χ3n) is 8.28. The number of carbonyl (C=O) groups excluding carboxylic acids is 2. The van der Waals surface area contributed by atoms with Gasteiger partial charge in [-0.05, 0) is 43.9 Å². The number of hydrogen-bond donors (Lipinski definition) is 1. The zero-order valence-corrected chi connectivity index (χ0v) is 21.6. The van der Waals surface area contributed by atoms with Gasteiger partial charge in [-0.15, -0.1) is 0 Å². The molecule has 2 aromatic carbocycles. The number of esters is 1. The van der Waals surface area contributed by atoms with Crippen molar-refractivity contribution in [3.8, 4) is 0 Å². The van der Waals surface area contributed by atoms with E-state index >= 15 is 0 Å². The number of nitro groups is 1. The normalized spacial score (nSPS) is 25.1. The number of rotatable bonds is 5. The summed E-state index contributed by atoms with van der Waals surface area (Å²) in [5.74, 6) is -0.486. The third kappa shape index (κ3) is 4.26. The molecule has 7 nitrogen and oxygen atoms in total. The lowest BCUT2D eigenvalue weighted by atomic mass is 9.75. The van der Waals surface area contributed by atoms with Crippen LogP contribution in [-0.2, 0) is 9.53 Å². The second-order valence-corrected chi connectivity index (χ2v) is 10.8. The van der Waals surface area contributed by atoms with Gasteiger partial charge in [-0.2, -0.15) is 0 Å². The Morgan fingerprint density at radius 2 is 1.76 bits per heavy atom. The monoisotopic (exact) mass is 500 g/mol. The van der Waals surface area contributed by atoms with Crippen molar-refractivity contribution in [2.24, 2.45) is 17.8 Å². The number of ether oxygens (including phenoxy) is 1. The lowest BCUT2D eigenvalue weighted by molar-refractivity contribution is -0.385. The molecule has 0 bridgehead atoms. The summed E-state index contributed by atoms with van der Waals surface area (Å²) >= 11 is 0. The quantitative estimate of drug-likeness (QED) is 0.300. The Balaban J connectivity index is 1.60. The van der Waals surface area contributed by atoms with E-state index in [1.807, 2.05) is 12.1 Å². The lowest BCUT2D eigenvalue weighted by Gasteiger charge is -2.37. The first-order valence-corrected chi connectivity index (χ1v) is 13.0. The van der Waals surface area contributed by atoms with Gasteiger partial charge in [-0.25, -0.2) is 4.79 Å². The Hall–Kier alpha value is -3.74. The van der Waals surface area contributed by atoms with Crippen molar-refractivity contribution < 1.29 is 19.2 Å². The highest BCUT2D eigenvalue weighted by Crippen LogP contribution is 2.49. The first kappa shape index (κ1) is 24.9. The molecule has 7 heteroatoms. The van der Waals surface area contributed by atoms with E-state index in [0.29, 0.717) is 39.9 Å². The number of nitro benzene ring substituents is 1. The molecule has 1 heterocycles. The van der Waals surface area contributed by atoms with Gasteiger partial charge in [0.1, 0.15) is 6.10 Å². The minimum Gasteiger partial charge on any atom is -0.459 e. The molecular weight excluding hydrogens is 468 g/mol. The summed E-state index contributed by atoms with van der Waals surface area (Å²) in [6.45, 7) is 8.26. The van der Waals surface area contributed by atoms with Crippen LogP contribution in [-0.4, -0.2) is 22.8 Å². The molecule has 0 aromatic heterocycles. The standard InChI is InChI=1S/C30H32N2O5/c1-16(2)19-14-13-17(3)24(15-19)37-30(34)25-18(4)31-28-20-9-5-6-10-21(20)29(33)27(28)26(25)22-11-7-8-12-23(22)32(35)36/h5-12,16-17,19,24,26,31H,13-15H2,1-4H3/t17-,19-,24+,26-/m1/s1. The highest BCUT2D eigenvalue weighted by Gasteiger charge is 2.45. The van der Waals surface area contributed by atoms with E-state index in [-0.39, 0.29) is 29.1 Å². The number of hydrogen-bond acceptors (Lipinski definition) is 6. The summed E-state index contributed by atoms with van der Waals surface area (Å²) in [5.41, 5.74) is 3.19. The second kappa shape index (κ2) is 9.61. The number of allylic oxidation sites excluding steroid dienone is 2. The zero-order chi connectivity index (χ0) is 26.4. The number of carbonyl (C=O) groups is 2. The smallest absolute Gasteiger partial charge is 0.337 e. The minimum absolute atomic E-state index is 0.131. The molecule has 192 valence electrons. The predicted octanol–water partition coefficient (Wildman–Crippen LogP) is 6.17. The molecule has 0 unspecified atom stereocenters. The van der Waals surface area contributed by atoms with Crippen LogP contribution in [0.15, 0.2) is 65.4 Å². The Labute approximate surface area is 216 Å². The maximum atomic E-state index is 13.9. The zero-order valence-electron chi connectivity index (χ0n) is 21.6. The van der Waals surface area contributed by atoms with E-state index in [0.717, 1.165) is 24.8 Å². The van der Waals surface area contributed by atoms with Crippen LogP contribution in [0.3, 0.4) is 0 Å². The number of dihydropyridines is 1. The van der Waals surface area contributed by atoms with Crippen LogP contribution in [0.4, 0.5) is 5.69 Å². The molecule has 5 rings (SSSR count). The summed E-state index contributed by atoms with van der Waals surface area (Å²) in [5, 5.41) is 15.3. The summed E-state index contributed by atoms with van der Waals surface area (Å²) in [7, 11) is 0. The Kier molecular flexibility index (Phi) is 6.48. The molecule has 0 amide bonds. The average Bonchev–Trinajstić information content (AvgIpc) is 3.15. The molecular formula is C30H32N2O5. The Morgan fingerprint density at radius 3 is 2.46 bits per heavy atom. The van der Waals surface area contributed by atoms with Crippen molar-refractivity contribution in [1.29, 1.82) is 0 Å². The van der Waals surface area contributed by atoms with E-state index in [4.69, 9.17) is 4.74 Å². The Bertz CT molecular complexity index is 1360. The van der Waals surface area contributed by atoms with Crippen molar-refractivity contribution >= 4 is 23.1 Å². The molecule has 1 saturated carbocycles. The van der Waals surface area contributed by atoms with E-state index in [9.17, 15) is 19.7 Å². The fourth-order valence-electron chi connectivity index (χ4n) is 6.09. The summed E-state index contributed by atoms with van der Waals surface area (Å²) in [4.78, 5) is 39.2. The van der Waals surface area contributed by atoms with E-state index in [2.05, 4.69) is 26.1 Å².